The molecule has 0 radical (unpaired) electrons. The van der Waals surface area contributed by atoms with E-state index >= 15 is 0 Å². The molecule has 1 aliphatic carbocycles. The number of carbonyl (C=O) groups is 2. The Morgan fingerprint density at radius 3 is 2.32 bits per heavy atom. The van der Waals surface area contributed by atoms with E-state index < -0.39 is 0 Å². The summed E-state index contributed by atoms with van der Waals surface area (Å²) in [6.07, 6.45) is 0.742. The maximum absolute atomic E-state index is 11.8. The third-order valence-corrected chi connectivity index (χ3v) is 3.99. The highest BCUT2D eigenvalue weighted by Gasteiger charge is 2.28. The summed E-state index contributed by atoms with van der Waals surface area (Å²) in [7, 11) is 1.57. The first-order valence-corrected chi connectivity index (χ1v) is 7.14. The van der Waals surface area contributed by atoms with Crippen LogP contribution in [0.3, 0.4) is 0 Å². The van der Waals surface area contributed by atoms with Crippen molar-refractivity contribution in [3.63, 3.8) is 0 Å². The lowest BCUT2D eigenvalue weighted by Crippen LogP contribution is -2.33. The molecule has 0 heterocycles. The van der Waals surface area contributed by atoms with Gasteiger partial charge in [-0.3, -0.25) is 9.59 Å². The van der Waals surface area contributed by atoms with Crippen molar-refractivity contribution in [2.45, 2.75) is 20.3 Å². The highest BCUT2D eigenvalue weighted by Crippen LogP contribution is 2.45. The first-order valence-electron chi connectivity index (χ1n) is 7.14. The van der Waals surface area contributed by atoms with E-state index in [0.29, 0.717) is 11.4 Å². The molecule has 2 aromatic rings. The van der Waals surface area contributed by atoms with Crippen LogP contribution in [0.2, 0.25) is 0 Å². The fourth-order valence-corrected chi connectivity index (χ4v) is 3.14. The summed E-state index contributed by atoms with van der Waals surface area (Å²) in [6, 6.07) is 11.9. The number of hydrogen-bond acceptors (Lipinski definition) is 3. The van der Waals surface area contributed by atoms with Crippen molar-refractivity contribution in [2.24, 2.45) is 0 Å². The molecule has 0 aromatic heterocycles. The quantitative estimate of drug-likeness (QED) is 0.729. The van der Waals surface area contributed by atoms with Crippen LogP contribution >= 0.6 is 0 Å². The predicted molar refractivity (Wildman–Crippen MR) is 85.1 cm³/mol. The van der Waals surface area contributed by atoms with Gasteiger partial charge in [0.1, 0.15) is 5.75 Å². The van der Waals surface area contributed by atoms with Crippen molar-refractivity contribution in [1.29, 1.82) is 0 Å². The van der Waals surface area contributed by atoms with Gasteiger partial charge in [-0.15, -0.1) is 0 Å². The van der Waals surface area contributed by atoms with Crippen molar-refractivity contribution >= 4 is 17.5 Å². The van der Waals surface area contributed by atoms with Crippen molar-refractivity contribution in [3.8, 4) is 16.9 Å². The van der Waals surface area contributed by atoms with Crippen LogP contribution in [0.1, 0.15) is 25.0 Å². The first-order chi connectivity index (χ1) is 10.5. The monoisotopic (exact) mass is 295 g/mol. The fraction of sp³-hybridized carbons (Fsp3) is 0.222. The second-order valence-corrected chi connectivity index (χ2v) is 5.35. The Morgan fingerprint density at radius 2 is 1.68 bits per heavy atom. The Balaban J connectivity index is 2.20. The Hall–Kier alpha value is -2.62. The number of hydrogen-bond donors (Lipinski definition) is 0. The zero-order valence-corrected chi connectivity index (χ0v) is 12.8. The summed E-state index contributed by atoms with van der Waals surface area (Å²) in [5.41, 5.74) is 5.04. The second-order valence-electron chi connectivity index (χ2n) is 5.35. The first kappa shape index (κ1) is 14.3. The fourth-order valence-electron chi connectivity index (χ4n) is 3.14. The molecule has 2 amide bonds. The van der Waals surface area contributed by atoms with Crippen LogP contribution in [0.15, 0.2) is 36.4 Å². The van der Waals surface area contributed by atoms with Gasteiger partial charge in [-0.25, -0.2) is 4.90 Å². The Bertz CT molecular complexity index is 766. The average Bonchev–Trinajstić information content (AvgIpc) is 2.85. The van der Waals surface area contributed by atoms with E-state index in [1.807, 2.05) is 18.2 Å². The van der Waals surface area contributed by atoms with Gasteiger partial charge < -0.3 is 4.74 Å². The van der Waals surface area contributed by atoms with Gasteiger partial charge in [-0.1, -0.05) is 30.3 Å². The molecule has 0 saturated heterocycles. The molecule has 112 valence electrons. The van der Waals surface area contributed by atoms with Crippen molar-refractivity contribution < 1.29 is 14.3 Å². The van der Waals surface area contributed by atoms with Crippen molar-refractivity contribution in [1.82, 2.24) is 0 Å². The predicted octanol–water partition coefficient (Wildman–Crippen LogP) is 3.17. The van der Waals surface area contributed by atoms with Gasteiger partial charge in [0, 0.05) is 25.8 Å². The number of carbonyl (C=O) groups excluding carboxylic acids is 2. The summed E-state index contributed by atoms with van der Waals surface area (Å²) < 4.78 is 5.55. The number of amides is 2. The van der Waals surface area contributed by atoms with E-state index in [0.717, 1.165) is 22.4 Å². The normalized spacial score (nSPS) is 11.6. The highest BCUT2D eigenvalue weighted by atomic mass is 16.5. The number of methoxy groups -OCH3 is 1. The molecule has 0 aliphatic heterocycles. The maximum atomic E-state index is 11.8. The number of benzene rings is 2. The molecule has 0 saturated carbocycles. The molecular formula is C18H17NO3. The lowest BCUT2D eigenvalue weighted by Gasteiger charge is -2.22. The topological polar surface area (TPSA) is 46.6 Å². The summed E-state index contributed by atoms with van der Waals surface area (Å²) in [4.78, 5) is 24.8. The summed E-state index contributed by atoms with van der Waals surface area (Å²) in [6.45, 7) is 2.76. The Kier molecular flexibility index (Phi) is 3.45. The molecule has 0 spiro atoms. The van der Waals surface area contributed by atoms with Gasteiger partial charge in [0.15, 0.2) is 0 Å². The van der Waals surface area contributed by atoms with E-state index in [4.69, 9.17) is 4.74 Å². The minimum absolute atomic E-state index is 0.318. The molecule has 0 unspecified atom stereocenters. The van der Waals surface area contributed by atoms with Gasteiger partial charge >= 0.3 is 0 Å². The number of ether oxygens (including phenoxy) is 1. The number of anilines is 1. The molecular weight excluding hydrogens is 278 g/mol. The molecule has 22 heavy (non-hydrogen) atoms. The van der Waals surface area contributed by atoms with Crippen LogP contribution in [-0.4, -0.2) is 18.9 Å². The minimum atomic E-state index is -0.318. The van der Waals surface area contributed by atoms with E-state index in [1.54, 1.807) is 13.2 Å². The highest BCUT2D eigenvalue weighted by molar-refractivity contribution is 6.14. The molecule has 1 aliphatic rings. The Morgan fingerprint density at radius 1 is 1.00 bits per heavy atom. The summed E-state index contributed by atoms with van der Waals surface area (Å²) in [5.74, 6) is -0.0402. The van der Waals surface area contributed by atoms with Crippen LogP contribution < -0.4 is 9.64 Å². The molecule has 0 bridgehead atoms. The van der Waals surface area contributed by atoms with Gasteiger partial charge in [-0.2, -0.15) is 0 Å². The third-order valence-electron chi connectivity index (χ3n) is 3.99. The van der Waals surface area contributed by atoms with Gasteiger partial charge in [0.2, 0.25) is 11.8 Å². The van der Waals surface area contributed by atoms with Crippen LogP contribution in [0, 0.1) is 0 Å². The van der Waals surface area contributed by atoms with Gasteiger partial charge in [0.05, 0.1) is 12.8 Å². The van der Waals surface area contributed by atoms with Gasteiger partial charge in [-0.05, 0) is 22.8 Å². The Labute approximate surface area is 129 Å². The molecule has 2 aromatic carbocycles. The van der Waals surface area contributed by atoms with Crippen molar-refractivity contribution in [3.05, 3.63) is 47.5 Å². The number of nitrogens with zero attached hydrogens (tertiary/aromatic N) is 1. The largest absolute Gasteiger partial charge is 0.494 e. The molecule has 4 heteroatoms. The lowest BCUT2D eigenvalue weighted by atomic mass is 10.0. The summed E-state index contributed by atoms with van der Waals surface area (Å²) in [5, 5.41) is 0. The van der Waals surface area contributed by atoms with Gasteiger partial charge in [0.25, 0.3) is 0 Å². The number of fused-ring (bicyclic) bond motifs is 3. The van der Waals surface area contributed by atoms with Crippen LogP contribution in [0.5, 0.6) is 5.75 Å². The third kappa shape index (κ3) is 2.08. The second kappa shape index (κ2) is 5.30. The van der Waals surface area contributed by atoms with E-state index in [-0.39, 0.29) is 11.8 Å². The zero-order chi connectivity index (χ0) is 15.9. The molecule has 0 atom stereocenters. The molecule has 0 N–H and O–H groups in total. The number of imide groups is 1. The number of rotatable bonds is 2. The zero-order valence-electron chi connectivity index (χ0n) is 12.8. The van der Waals surface area contributed by atoms with Crippen LogP contribution in [-0.2, 0) is 16.0 Å². The molecule has 0 fully saturated rings. The van der Waals surface area contributed by atoms with E-state index in [2.05, 4.69) is 12.1 Å². The van der Waals surface area contributed by atoms with E-state index in [1.165, 1.54) is 25.0 Å². The van der Waals surface area contributed by atoms with Crippen LogP contribution in [0.25, 0.3) is 11.1 Å². The molecule has 4 nitrogen and oxygen atoms in total. The van der Waals surface area contributed by atoms with E-state index in [9.17, 15) is 9.59 Å². The van der Waals surface area contributed by atoms with Crippen LogP contribution in [0.4, 0.5) is 5.69 Å². The summed E-state index contributed by atoms with van der Waals surface area (Å²) >= 11 is 0. The maximum Gasteiger partial charge on any atom is 0.230 e. The average molecular weight is 295 g/mol. The van der Waals surface area contributed by atoms with Crippen molar-refractivity contribution in [2.75, 3.05) is 12.0 Å². The lowest BCUT2D eigenvalue weighted by molar-refractivity contribution is -0.124. The molecule has 3 rings (SSSR count). The standard InChI is InChI=1S/C18H17NO3/c1-11(20)19(12(2)21)17-9-8-15-14-7-5-4-6-13(14)10-16(15)18(17)22-3/h4-9H,10H2,1-3H3. The smallest absolute Gasteiger partial charge is 0.230 e. The SMILES string of the molecule is COc1c(N(C(C)=O)C(C)=O)ccc2c1Cc1ccccc1-2. The minimum Gasteiger partial charge on any atom is -0.494 e.